The molecule has 0 saturated carbocycles. The number of thiophene rings is 1. The molecule has 1 aliphatic carbocycles. The van der Waals surface area contributed by atoms with Crippen molar-refractivity contribution in [3.8, 4) is 0 Å². The Morgan fingerprint density at radius 1 is 1.39 bits per heavy atom. The number of aryl methyl sites for hydroxylation is 1. The number of benzene rings is 1. The Labute approximate surface area is 169 Å². The van der Waals surface area contributed by atoms with Gasteiger partial charge in [-0.25, -0.2) is 4.98 Å². The highest BCUT2D eigenvalue weighted by Gasteiger charge is 2.23. The minimum absolute atomic E-state index is 0.101. The number of thioether (sulfide) groups is 1. The summed E-state index contributed by atoms with van der Waals surface area (Å²) in [5, 5.41) is 2.12. The summed E-state index contributed by atoms with van der Waals surface area (Å²) in [6.45, 7) is 2.25. The summed E-state index contributed by atoms with van der Waals surface area (Å²) < 4.78 is 5.62. The van der Waals surface area contributed by atoms with Crippen LogP contribution in [0.1, 0.15) is 34.3 Å². The van der Waals surface area contributed by atoms with Crippen molar-refractivity contribution < 1.29 is 9.21 Å². The van der Waals surface area contributed by atoms with Crippen LogP contribution >= 0.6 is 23.1 Å². The predicted molar refractivity (Wildman–Crippen MR) is 113 cm³/mol. The van der Waals surface area contributed by atoms with Crippen LogP contribution in [0.3, 0.4) is 0 Å². The average molecular weight is 411 g/mol. The third-order valence-corrected chi connectivity index (χ3v) is 7.21. The van der Waals surface area contributed by atoms with Crippen LogP contribution in [0.5, 0.6) is 0 Å². The number of carbonyl (C=O) groups excluding carboxylic acids is 1. The molecule has 5 rings (SSSR count). The van der Waals surface area contributed by atoms with Crippen molar-refractivity contribution >= 4 is 50.1 Å². The highest BCUT2D eigenvalue weighted by molar-refractivity contribution is 7.99. The number of nitrogens with zero attached hydrogens (tertiary/aromatic N) is 1. The van der Waals surface area contributed by atoms with Gasteiger partial charge < -0.3 is 9.40 Å². The zero-order valence-corrected chi connectivity index (χ0v) is 16.9. The standard InChI is InChI=1S/C21H18N2O3S2/c1-11-6-7-13-17(8-11)28-20-18(13)19(25)22-21(23-20)27-10-14(24)16-9-12-4-2-3-5-15(12)26-16/h2-5,9,11H,6-8,10H2,1H3,(H,22,23,25). The number of nitrogens with one attached hydrogen (secondary N) is 1. The van der Waals surface area contributed by atoms with Crippen LogP contribution < -0.4 is 5.56 Å². The maximum absolute atomic E-state index is 12.6. The molecule has 0 fully saturated rings. The molecule has 0 spiro atoms. The van der Waals surface area contributed by atoms with E-state index in [1.54, 1.807) is 17.4 Å². The number of aromatic nitrogens is 2. The third kappa shape index (κ3) is 3.08. The second-order valence-corrected chi connectivity index (χ2v) is 9.31. The number of H-pyrrole nitrogens is 1. The van der Waals surface area contributed by atoms with Crippen LogP contribution in [-0.4, -0.2) is 21.5 Å². The van der Waals surface area contributed by atoms with E-state index in [1.165, 1.54) is 22.2 Å². The van der Waals surface area contributed by atoms with Gasteiger partial charge in [0.2, 0.25) is 5.78 Å². The average Bonchev–Trinajstić information content (AvgIpc) is 3.26. The van der Waals surface area contributed by atoms with E-state index in [2.05, 4.69) is 16.9 Å². The van der Waals surface area contributed by atoms with E-state index in [-0.39, 0.29) is 17.1 Å². The molecule has 1 aromatic carbocycles. The number of hydrogen-bond donors (Lipinski definition) is 1. The highest BCUT2D eigenvalue weighted by atomic mass is 32.2. The zero-order chi connectivity index (χ0) is 19.3. The van der Waals surface area contributed by atoms with Crippen LogP contribution in [0.15, 0.2) is 44.7 Å². The van der Waals surface area contributed by atoms with Gasteiger partial charge in [0.15, 0.2) is 10.9 Å². The highest BCUT2D eigenvalue weighted by Crippen LogP contribution is 2.36. The predicted octanol–water partition coefficient (Wildman–Crippen LogP) is 4.83. The molecule has 7 heteroatoms. The molecule has 0 bridgehead atoms. The fourth-order valence-electron chi connectivity index (χ4n) is 3.72. The maximum Gasteiger partial charge on any atom is 0.260 e. The molecule has 1 atom stereocenters. The number of para-hydroxylation sites is 1. The van der Waals surface area contributed by atoms with Gasteiger partial charge in [0, 0.05) is 10.3 Å². The Balaban J connectivity index is 1.39. The van der Waals surface area contributed by atoms with Crippen LogP contribution in [-0.2, 0) is 12.8 Å². The van der Waals surface area contributed by atoms with Crippen molar-refractivity contribution in [1.29, 1.82) is 0 Å². The second kappa shape index (κ2) is 6.90. The molecule has 1 N–H and O–H groups in total. The first-order valence-corrected chi connectivity index (χ1v) is 11.1. The molecule has 0 aliphatic heterocycles. The molecule has 28 heavy (non-hydrogen) atoms. The second-order valence-electron chi connectivity index (χ2n) is 7.26. The summed E-state index contributed by atoms with van der Waals surface area (Å²) in [5.41, 5.74) is 1.76. The van der Waals surface area contributed by atoms with Gasteiger partial charge >= 0.3 is 0 Å². The summed E-state index contributed by atoms with van der Waals surface area (Å²) >= 11 is 2.86. The van der Waals surface area contributed by atoms with Gasteiger partial charge in [0.1, 0.15) is 10.4 Å². The Bertz CT molecular complexity index is 1230. The molecule has 3 heterocycles. The van der Waals surface area contributed by atoms with Crippen molar-refractivity contribution in [2.24, 2.45) is 5.92 Å². The van der Waals surface area contributed by atoms with Gasteiger partial charge in [-0.2, -0.15) is 0 Å². The first kappa shape index (κ1) is 17.7. The number of fused-ring (bicyclic) bond motifs is 4. The molecule has 4 aromatic rings. The van der Waals surface area contributed by atoms with Gasteiger partial charge in [-0.15, -0.1) is 11.3 Å². The molecule has 0 radical (unpaired) electrons. The van der Waals surface area contributed by atoms with E-state index in [0.29, 0.717) is 22.4 Å². The number of carbonyl (C=O) groups is 1. The first-order chi connectivity index (χ1) is 13.6. The Kier molecular flexibility index (Phi) is 4.36. The maximum atomic E-state index is 12.6. The van der Waals surface area contributed by atoms with Crippen LogP contribution in [0.25, 0.3) is 21.2 Å². The van der Waals surface area contributed by atoms with Gasteiger partial charge in [0.05, 0.1) is 11.1 Å². The van der Waals surface area contributed by atoms with E-state index in [4.69, 9.17) is 4.42 Å². The van der Waals surface area contributed by atoms with Crippen LogP contribution in [0, 0.1) is 5.92 Å². The van der Waals surface area contributed by atoms with Gasteiger partial charge in [0.25, 0.3) is 5.56 Å². The monoisotopic (exact) mass is 410 g/mol. The number of aromatic amines is 1. The smallest absolute Gasteiger partial charge is 0.260 e. The topological polar surface area (TPSA) is 76.0 Å². The number of furan rings is 1. The first-order valence-electron chi connectivity index (χ1n) is 9.27. The lowest BCUT2D eigenvalue weighted by Crippen LogP contribution is -2.13. The molecule has 3 aromatic heterocycles. The lowest BCUT2D eigenvalue weighted by atomic mass is 9.89. The molecular formula is C21H18N2O3S2. The van der Waals surface area contributed by atoms with Crippen LogP contribution in [0.4, 0.5) is 0 Å². The van der Waals surface area contributed by atoms with E-state index < -0.39 is 0 Å². The Morgan fingerprint density at radius 2 is 2.25 bits per heavy atom. The lowest BCUT2D eigenvalue weighted by Gasteiger charge is -2.17. The van der Waals surface area contributed by atoms with Crippen molar-refractivity contribution in [3.05, 3.63) is 56.9 Å². The minimum atomic E-state index is -0.122. The molecule has 5 nitrogen and oxygen atoms in total. The van der Waals surface area contributed by atoms with E-state index in [1.807, 2.05) is 24.3 Å². The fraction of sp³-hybridized carbons (Fsp3) is 0.286. The number of hydrogen-bond acceptors (Lipinski definition) is 6. The summed E-state index contributed by atoms with van der Waals surface area (Å²) in [6.07, 6.45) is 3.07. The third-order valence-electron chi connectivity index (χ3n) is 5.18. The van der Waals surface area contributed by atoms with Crippen LogP contribution in [0.2, 0.25) is 0 Å². The summed E-state index contributed by atoms with van der Waals surface area (Å²) in [7, 11) is 0. The molecular weight excluding hydrogens is 392 g/mol. The summed E-state index contributed by atoms with van der Waals surface area (Å²) in [6, 6.07) is 9.29. The normalized spacial score (nSPS) is 16.5. The van der Waals surface area contributed by atoms with Gasteiger partial charge in [-0.05, 0) is 42.9 Å². The number of Topliss-reactive ketones (excluding diaryl/α,β-unsaturated/α-hetero) is 1. The number of ketones is 1. The van der Waals surface area contributed by atoms with Crippen molar-refractivity contribution in [1.82, 2.24) is 9.97 Å². The number of rotatable bonds is 4. The minimum Gasteiger partial charge on any atom is -0.453 e. The van der Waals surface area contributed by atoms with Crippen molar-refractivity contribution in [3.63, 3.8) is 0 Å². The molecule has 0 saturated heterocycles. The molecule has 1 aliphatic rings. The SMILES string of the molecule is CC1CCc2c(sc3nc(SCC(=O)c4cc5ccccc5o4)[nH]c(=O)c23)C1. The van der Waals surface area contributed by atoms with E-state index in [0.717, 1.165) is 34.9 Å². The van der Waals surface area contributed by atoms with Gasteiger partial charge in [-0.3, -0.25) is 9.59 Å². The van der Waals surface area contributed by atoms with E-state index >= 15 is 0 Å². The molecule has 0 amide bonds. The largest absolute Gasteiger partial charge is 0.453 e. The van der Waals surface area contributed by atoms with Crippen molar-refractivity contribution in [2.75, 3.05) is 5.75 Å². The van der Waals surface area contributed by atoms with Crippen molar-refractivity contribution in [2.45, 2.75) is 31.3 Å². The molecule has 142 valence electrons. The fourth-order valence-corrected chi connectivity index (χ4v) is 5.89. The zero-order valence-electron chi connectivity index (χ0n) is 15.3. The lowest BCUT2D eigenvalue weighted by molar-refractivity contribution is 0.0994. The summed E-state index contributed by atoms with van der Waals surface area (Å²) in [5.74, 6) is 1.02. The van der Waals surface area contributed by atoms with E-state index in [9.17, 15) is 9.59 Å². The molecule has 1 unspecified atom stereocenters. The van der Waals surface area contributed by atoms with Gasteiger partial charge in [-0.1, -0.05) is 36.9 Å². The summed E-state index contributed by atoms with van der Waals surface area (Å²) in [4.78, 5) is 34.7. The Hall–Kier alpha value is -2.38. The quantitative estimate of drug-likeness (QED) is 0.296. The Morgan fingerprint density at radius 3 is 3.11 bits per heavy atom.